The number of hydrogen-bond acceptors (Lipinski definition) is 4. The van der Waals surface area contributed by atoms with Crippen LogP contribution in [0.1, 0.15) is 48.8 Å². The summed E-state index contributed by atoms with van der Waals surface area (Å²) < 4.78 is 27.3. The molecule has 1 fully saturated rings. The van der Waals surface area contributed by atoms with Gasteiger partial charge in [0.15, 0.2) is 0 Å². The van der Waals surface area contributed by atoms with Gasteiger partial charge in [0.25, 0.3) is 5.91 Å². The van der Waals surface area contributed by atoms with Gasteiger partial charge in [0.05, 0.1) is 16.1 Å². The van der Waals surface area contributed by atoms with Crippen LogP contribution in [-0.2, 0) is 10.0 Å². The monoisotopic (exact) mass is 474 g/mol. The van der Waals surface area contributed by atoms with Crippen molar-refractivity contribution < 1.29 is 13.2 Å². The molecule has 2 heterocycles. The van der Waals surface area contributed by atoms with Crippen molar-refractivity contribution >= 4 is 38.6 Å². The SMILES string of the molecule is CCN(CC)S(=O)(=O)c1cc(C(=O)N2CCCC(c3nc4ccccc4[nH]3)C2)ccc1Cl. The first kappa shape index (κ1) is 22.8. The van der Waals surface area contributed by atoms with E-state index in [-0.39, 0.29) is 21.7 Å². The average molecular weight is 475 g/mol. The van der Waals surface area contributed by atoms with Crippen molar-refractivity contribution in [2.75, 3.05) is 26.2 Å². The normalized spacial score (nSPS) is 17.2. The number of aromatic amines is 1. The van der Waals surface area contributed by atoms with Crippen LogP contribution in [0.4, 0.5) is 0 Å². The van der Waals surface area contributed by atoms with Crippen LogP contribution in [0.3, 0.4) is 0 Å². The molecule has 0 spiro atoms. The number of rotatable bonds is 6. The largest absolute Gasteiger partial charge is 0.342 e. The van der Waals surface area contributed by atoms with Crippen LogP contribution < -0.4 is 0 Å². The fourth-order valence-corrected chi connectivity index (χ4v) is 6.23. The summed E-state index contributed by atoms with van der Waals surface area (Å²) in [5, 5.41) is 0.118. The fraction of sp³-hybridized carbons (Fsp3) is 0.391. The van der Waals surface area contributed by atoms with Crippen molar-refractivity contribution in [3.8, 4) is 0 Å². The predicted molar refractivity (Wildman–Crippen MR) is 126 cm³/mol. The topological polar surface area (TPSA) is 86.4 Å². The molecule has 1 atom stereocenters. The average Bonchev–Trinajstić information content (AvgIpc) is 3.24. The first-order chi connectivity index (χ1) is 15.3. The van der Waals surface area contributed by atoms with Gasteiger partial charge in [0.2, 0.25) is 10.0 Å². The molecule has 1 unspecified atom stereocenters. The van der Waals surface area contributed by atoms with Gasteiger partial charge in [-0.05, 0) is 43.2 Å². The van der Waals surface area contributed by atoms with Gasteiger partial charge >= 0.3 is 0 Å². The summed E-state index contributed by atoms with van der Waals surface area (Å²) in [7, 11) is -3.77. The minimum Gasteiger partial charge on any atom is -0.342 e. The minimum absolute atomic E-state index is 0.0282. The van der Waals surface area contributed by atoms with Crippen molar-refractivity contribution in [2.24, 2.45) is 0 Å². The van der Waals surface area contributed by atoms with Crippen LogP contribution in [0.25, 0.3) is 11.0 Å². The molecule has 3 aromatic rings. The van der Waals surface area contributed by atoms with E-state index in [1.54, 1.807) is 24.8 Å². The summed E-state index contributed by atoms with van der Waals surface area (Å²) in [5.74, 6) is 0.786. The van der Waals surface area contributed by atoms with Crippen LogP contribution in [0, 0.1) is 0 Å². The number of fused-ring (bicyclic) bond motifs is 1. The van der Waals surface area contributed by atoms with Crippen molar-refractivity contribution in [1.82, 2.24) is 19.2 Å². The molecule has 0 bridgehead atoms. The Balaban J connectivity index is 1.59. The molecule has 1 N–H and O–H groups in total. The first-order valence-corrected chi connectivity index (χ1v) is 12.7. The Hall–Kier alpha value is -2.42. The summed E-state index contributed by atoms with van der Waals surface area (Å²) in [6, 6.07) is 12.4. The number of aromatic nitrogens is 2. The third-order valence-corrected chi connectivity index (χ3v) is 8.54. The zero-order valence-corrected chi connectivity index (χ0v) is 19.8. The molecule has 32 heavy (non-hydrogen) atoms. The summed E-state index contributed by atoms with van der Waals surface area (Å²) in [6.45, 7) is 5.36. The third-order valence-electron chi connectivity index (χ3n) is 6.00. The smallest absolute Gasteiger partial charge is 0.253 e. The Bertz CT molecular complexity index is 1200. The lowest BCUT2D eigenvalue weighted by Gasteiger charge is -2.32. The molecule has 0 saturated carbocycles. The summed E-state index contributed by atoms with van der Waals surface area (Å²) in [6.07, 6.45) is 1.79. The van der Waals surface area contributed by atoms with Gasteiger partial charge in [0.1, 0.15) is 10.7 Å². The third kappa shape index (κ3) is 4.27. The number of sulfonamides is 1. The Labute approximate surface area is 193 Å². The maximum atomic E-state index is 13.3. The number of hydrogen-bond donors (Lipinski definition) is 1. The molecule has 170 valence electrons. The number of para-hydroxylation sites is 2. The molecule has 0 radical (unpaired) electrons. The van der Waals surface area contributed by atoms with E-state index >= 15 is 0 Å². The molecular formula is C23H27ClN4O3S. The van der Waals surface area contributed by atoms with Crippen molar-refractivity contribution in [3.05, 3.63) is 58.9 Å². The highest BCUT2D eigenvalue weighted by Gasteiger charge is 2.30. The fourth-order valence-electron chi connectivity index (χ4n) is 4.27. The maximum absolute atomic E-state index is 13.3. The van der Waals surface area contributed by atoms with E-state index in [1.165, 1.54) is 16.4 Å². The zero-order chi connectivity index (χ0) is 22.9. The van der Waals surface area contributed by atoms with E-state index < -0.39 is 10.0 Å². The highest BCUT2D eigenvalue weighted by Crippen LogP contribution is 2.30. The van der Waals surface area contributed by atoms with Gasteiger partial charge < -0.3 is 9.88 Å². The molecule has 7 nitrogen and oxygen atoms in total. The summed E-state index contributed by atoms with van der Waals surface area (Å²) in [5.41, 5.74) is 2.22. The van der Waals surface area contributed by atoms with E-state index in [4.69, 9.17) is 16.6 Å². The number of halogens is 1. The molecule has 9 heteroatoms. The molecule has 1 aliphatic rings. The Kier molecular flexibility index (Phi) is 6.55. The van der Waals surface area contributed by atoms with Gasteiger partial charge in [0, 0.05) is 37.7 Å². The van der Waals surface area contributed by atoms with E-state index in [0.29, 0.717) is 31.7 Å². The number of nitrogens with zero attached hydrogens (tertiary/aromatic N) is 3. The lowest BCUT2D eigenvalue weighted by molar-refractivity contribution is 0.0704. The van der Waals surface area contributed by atoms with Crippen LogP contribution >= 0.6 is 11.6 Å². The number of carbonyl (C=O) groups is 1. The molecule has 1 amide bonds. The molecule has 4 rings (SSSR count). The first-order valence-electron chi connectivity index (χ1n) is 10.9. The molecule has 1 saturated heterocycles. The van der Waals surface area contributed by atoms with Crippen LogP contribution in [-0.4, -0.2) is 59.7 Å². The number of nitrogens with one attached hydrogen (secondary N) is 1. The lowest BCUT2D eigenvalue weighted by Crippen LogP contribution is -2.39. The Morgan fingerprint density at radius 3 is 2.69 bits per heavy atom. The van der Waals surface area contributed by atoms with Crippen LogP contribution in [0.5, 0.6) is 0 Å². The number of piperidine rings is 1. The number of H-pyrrole nitrogens is 1. The molecule has 2 aromatic carbocycles. The highest BCUT2D eigenvalue weighted by atomic mass is 35.5. The van der Waals surface area contributed by atoms with Gasteiger partial charge in [-0.25, -0.2) is 13.4 Å². The number of carbonyl (C=O) groups excluding carboxylic acids is 1. The Morgan fingerprint density at radius 2 is 1.97 bits per heavy atom. The zero-order valence-electron chi connectivity index (χ0n) is 18.2. The van der Waals surface area contributed by atoms with Gasteiger partial charge in [-0.2, -0.15) is 4.31 Å². The second-order valence-corrected chi connectivity index (χ2v) is 10.3. The van der Waals surface area contributed by atoms with Crippen molar-refractivity contribution in [3.63, 3.8) is 0 Å². The maximum Gasteiger partial charge on any atom is 0.253 e. The van der Waals surface area contributed by atoms with Crippen molar-refractivity contribution in [1.29, 1.82) is 0 Å². The molecule has 1 aliphatic heterocycles. The van der Waals surface area contributed by atoms with E-state index in [1.807, 2.05) is 24.3 Å². The summed E-state index contributed by atoms with van der Waals surface area (Å²) >= 11 is 6.23. The number of likely N-dealkylation sites (tertiary alicyclic amines) is 1. The predicted octanol–water partition coefficient (Wildman–Crippen LogP) is 4.27. The van der Waals surface area contributed by atoms with Crippen molar-refractivity contribution in [2.45, 2.75) is 37.5 Å². The minimum atomic E-state index is -3.77. The highest BCUT2D eigenvalue weighted by molar-refractivity contribution is 7.89. The van der Waals surface area contributed by atoms with Gasteiger partial charge in [-0.15, -0.1) is 0 Å². The molecular weight excluding hydrogens is 448 g/mol. The molecule has 1 aromatic heterocycles. The van der Waals surface area contributed by atoms with Gasteiger partial charge in [-0.1, -0.05) is 37.6 Å². The van der Waals surface area contributed by atoms with Crippen LogP contribution in [0.15, 0.2) is 47.4 Å². The number of imidazole rings is 1. The second kappa shape index (κ2) is 9.21. The molecule has 0 aliphatic carbocycles. The summed E-state index contributed by atoms with van der Waals surface area (Å²) in [4.78, 5) is 23.1. The standard InChI is InChI=1S/C23H27ClN4O3S/c1-3-28(4-2)32(30,31)21-14-16(11-12-18(21)24)23(29)27-13-7-8-17(15-27)22-25-19-9-5-6-10-20(19)26-22/h5-6,9-12,14,17H,3-4,7-8,13,15H2,1-2H3,(H,25,26). The second-order valence-electron chi connectivity index (χ2n) is 7.96. The van der Waals surface area contributed by atoms with E-state index in [9.17, 15) is 13.2 Å². The lowest BCUT2D eigenvalue weighted by atomic mass is 9.96. The number of benzene rings is 2. The van der Waals surface area contributed by atoms with Gasteiger partial charge in [-0.3, -0.25) is 4.79 Å². The quantitative estimate of drug-likeness (QED) is 0.578. The number of amides is 1. The Morgan fingerprint density at radius 1 is 1.22 bits per heavy atom. The van der Waals surface area contributed by atoms with E-state index in [0.717, 1.165) is 29.7 Å². The van der Waals surface area contributed by atoms with E-state index in [2.05, 4.69) is 4.98 Å². The van der Waals surface area contributed by atoms with Crippen LogP contribution in [0.2, 0.25) is 5.02 Å².